The molecule has 1 aliphatic carbocycles. The van der Waals surface area contributed by atoms with Gasteiger partial charge < -0.3 is 4.90 Å². The summed E-state index contributed by atoms with van der Waals surface area (Å²) >= 11 is 0. The first kappa shape index (κ1) is 31.0. The zero-order valence-corrected chi connectivity index (χ0v) is 24.0. The molecular weight excluding hydrogens is 596 g/mol. The lowest BCUT2D eigenvalue weighted by atomic mass is 9.85. The fourth-order valence-electron chi connectivity index (χ4n) is 5.64. The van der Waals surface area contributed by atoms with Crippen molar-refractivity contribution in [1.82, 2.24) is 9.29 Å². The predicted molar refractivity (Wildman–Crippen MR) is 146 cm³/mol. The van der Waals surface area contributed by atoms with E-state index in [9.17, 15) is 39.6 Å². The summed E-state index contributed by atoms with van der Waals surface area (Å²) in [6.45, 7) is 0.162. The van der Waals surface area contributed by atoms with Crippen LogP contribution in [0, 0.1) is 30.2 Å². The molecule has 1 aromatic heterocycles. The molecule has 0 N–H and O–H groups in total. The van der Waals surface area contributed by atoms with E-state index in [0.29, 0.717) is 15.9 Å². The van der Waals surface area contributed by atoms with Gasteiger partial charge in [0.05, 0.1) is 12.2 Å². The summed E-state index contributed by atoms with van der Waals surface area (Å²) in [4.78, 5) is 17.5. The monoisotopic (exact) mass is 625 g/mol. The van der Waals surface area contributed by atoms with E-state index in [1.807, 2.05) is 6.07 Å². The Kier molecular flexibility index (Phi) is 8.85. The number of anilines is 1. The number of carbonyl (C=O) groups excluding carboxylic acids is 1. The van der Waals surface area contributed by atoms with Gasteiger partial charge in [0.1, 0.15) is 6.04 Å². The largest absolute Gasteiger partial charge is 0.305 e. The molecule has 5 rings (SSSR count). The second-order valence-corrected chi connectivity index (χ2v) is 12.7. The molecular formula is C30H29F6N3O3S. The second kappa shape index (κ2) is 12.3. The number of aromatic nitrogens is 1. The summed E-state index contributed by atoms with van der Waals surface area (Å²) in [5, 5.41) is 0. The normalized spacial score (nSPS) is 18.1. The molecule has 2 fully saturated rings. The number of alkyl halides is 2. The van der Waals surface area contributed by atoms with E-state index in [2.05, 4.69) is 4.98 Å². The van der Waals surface area contributed by atoms with Gasteiger partial charge in [0.2, 0.25) is 15.9 Å². The van der Waals surface area contributed by atoms with E-state index in [1.54, 1.807) is 12.3 Å². The van der Waals surface area contributed by atoms with Gasteiger partial charge in [0.15, 0.2) is 28.2 Å². The maximum Gasteiger partial charge on any atom is 0.263 e. The number of amides is 1. The summed E-state index contributed by atoms with van der Waals surface area (Å²) in [7, 11) is -5.23. The molecule has 0 spiro atoms. The molecule has 1 saturated heterocycles. The first-order chi connectivity index (χ1) is 20.4. The molecule has 0 unspecified atom stereocenters. The lowest BCUT2D eigenvalue weighted by molar-refractivity contribution is -0.125. The molecule has 13 heteroatoms. The number of carbonyl (C=O) groups is 1. The molecule has 1 atom stereocenters. The average Bonchev–Trinajstić information content (AvgIpc) is 2.97. The van der Waals surface area contributed by atoms with Crippen molar-refractivity contribution < 1.29 is 39.6 Å². The van der Waals surface area contributed by atoms with E-state index < -0.39 is 62.1 Å². The topological polar surface area (TPSA) is 70.6 Å². The zero-order chi connectivity index (χ0) is 31.1. The van der Waals surface area contributed by atoms with Crippen LogP contribution >= 0.6 is 0 Å². The average molecular weight is 626 g/mol. The van der Waals surface area contributed by atoms with Gasteiger partial charge in [-0.15, -0.1) is 0 Å². The maximum atomic E-state index is 14.7. The van der Waals surface area contributed by atoms with Crippen molar-refractivity contribution >= 4 is 21.6 Å². The van der Waals surface area contributed by atoms with Crippen LogP contribution in [0.15, 0.2) is 47.5 Å². The van der Waals surface area contributed by atoms with Crippen LogP contribution in [0.1, 0.15) is 73.3 Å². The summed E-state index contributed by atoms with van der Waals surface area (Å²) in [6.07, 6.45) is 4.24. The Morgan fingerprint density at radius 3 is 2.21 bits per heavy atom. The molecule has 230 valence electrons. The molecule has 1 saturated carbocycles. The van der Waals surface area contributed by atoms with Crippen LogP contribution in [0.3, 0.4) is 0 Å². The molecule has 2 heterocycles. The highest BCUT2D eigenvalue weighted by molar-refractivity contribution is 7.89. The quantitative estimate of drug-likeness (QED) is 0.201. The standard InChI is InChI=1S/C30H29F6N3O3S/c1-17-24(31)26(33)28(27(34)25(17)32)43(41,42)39-13-12-23(39)30(40)38(22-9-5-8-19(14-22)29(35)36)16-21-11-10-20(15-37-21)18-6-3-2-4-7-18/h5,8-11,14-15,18,23,29H,2-4,6-7,12-13,16H2,1H3/t23-/m1/s1. The minimum Gasteiger partial charge on any atom is -0.305 e. The third kappa shape index (κ3) is 5.88. The van der Waals surface area contributed by atoms with E-state index in [0.717, 1.165) is 49.1 Å². The molecule has 1 amide bonds. The molecule has 6 nitrogen and oxygen atoms in total. The van der Waals surface area contributed by atoms with Gasteiger partial charge in [0, 0.05) is 29.6 Å². The van der Waals surface area contributed by atoms with Crippen LogP contribution in [0.25, 0.3) is 0 Å². The molecule has 3 aromatic rings. The lowest BCUT2D eigenvalue weighted by Crippen LogP contribution is -2.59. The highest BCUT2D eigenvalue weighted by atomic mass is 32.2. The molecule has 0 radical (unpaired) electrons. The van der Waals surface area contributed by atoms with E-state index in [-0.39, 0.29) is 30.8 Å². The van der Waals surface area contributed by atoms with E-state index in [4.69, 9.17) is 0 Å². The van der Waals surface area contributed by atoms with Gasteiger partial charge in [0.25, 0.3) is 6.43 Å². The van der Waals surface area contributed by atoms with Crippen LogP contribution in [0.5, 0.6) is 0 Å². The van der Waals surface area contributed by atoms with Crippen LogP contribution in [-0.2, 0) is 21.4 Å². The maximum absolute atomic E-state index is 14.7. The van der Waals surface area contributed by atoms with Crippen molar-refractivity contribution in [1.29, 1.82) is 0 Å². The molecule has 2 aromatic carbocycles. The van der Waals surface area contributed by atoms with Gasteiger partial charge >= 0.3 is 0 Å². The van der Waals surface area contributed by atoms with E-state index >= 15 is 0 Å². The van der Waals surface area contributed by atoms with Crippen LogP contribution in [0.2, 0.25) is 0 Å². The molecule has 43 heavy (non-hydrogen) atoms. The Bertz CT molecular complexity index is 1600. The van der Waals surface area contributed by atoms with Crippen molar-refractivity contribution in [2.45, 2.75) is 75.3 Å². The summed E-state index contributed by atoms with van der Waals surface area (Å²) in [5.41, 5.74) is 0.0405. The van der Waals surface area contributed by atoms with Crippen molar-refractivity contribution in [3.63, 3.8) is 0 Å². The highest BCUT2D eigenvalue weighted by Gasteiger charge is 2.47. The Balaban J connectivity index is 1.47. The zero-order valence-electron chi connectivity index (χ0n) is 23.2. The number of benzene rings is 2. The molecule has 1 aliphatic heterocycles. The first-order valence-corrected chi connectivity index (χ1v) is 15.3. The fourth-order valence-corrected chi connectivity index (χ4v) is 7.38. The minimum absolute atomic E-state index is 0.0231. The number of halogens is 6. The van der Waals surface area contributed by atoms with Crippen LogP contribution < -0.4 is 4.90 Å². The van der Waals surface area contributed by atoms with Crippen molar-refractivity contribution in [3.05, 3.63) is 88.2 Å². The third-order valence-electron chi connectivity index (χ3n) is 8.21. The number of rotatable bonds is 8. The van der Waals surface area contributed by atoms with Crippen molar-refractivity contribution in [2.24, 2.45) is 0 Å². The SMILES string of the molecule is Cc1c(F)c(F)c(S(=O)(=O)N2CC[C@@H]2C(=O)N(Cc2ccc(C3CCCCC3)cn2)c2cccc(C(F)F)c2)c(F)c1F. The van der Waals surface area contributed by atoms with Gasteiger partial charge in [-0.2, -0.15) is 4.31 Å². The van der Waals surface area contributed by atoms with E-state index in [1.165, 1.54) is 24.6 Å². The Morgan fingerprint density at radius 2 is 1.65 bits per heavy atom. The molecule has 2 aliphatic rings. The summed E-state index contributed by atoms with van der Waals surface area (Å²) in [5.74, 6) is -8.45. The van der Waals surface area contributed by atoms with Crippen LogP contribution in [-0.4, -0.2) is 36.2 Å². The Hall–Kier alpha value is -3.45. The number of sulfonamides is 1. The van der Waals surface area contributed by atoms with Crippen LogP contribution in [0.4, 0.5) is 32.0 Å². The van der Waals surface area contributed by atoms with Crippen molar-refractivity contribution in [2.75, 3.05) is 11.4 Å². The lowest BCUT2D eigenvalue weighted by Gasteiger charge is -2.41. The van der Waals surface area contributed by atoms with Gasteiger partial charge in [-0.1, -0.05) is 37.5 Å². The van der Waals surface area contributed by atoms with Gasteiger partial charge in [-0.3, -0.25) is 9.78 Å². The Morgan fingerprint density at radius 1 is 0.977 bits per heavy atom. The van der Waals surface area contributed by atoms with Crippen molar-refractivity contribution in [3.8, 4) is 0 Å². The Labute approximate surface area is 245 Å². The molecule has 0 bridgehead atoms. The first-order valence-electron chi connectivity index (χ1n) is 13.9. The fraction of sp³-hybridized carbons (Fsp3) is 0.400. The second-order valence-electron chi connectivity index (χ2n) is 10.9. The number of hydrogen-bond donors (Lipinski definition) is 0. The summed E-state index contributed by atoms with van der Waals surface area (Å²) < 4.78 is 112. The van der Waals surface area contributed by atoms with Gasteiger partial charge in [-0.25, -0.2) is 34.8 Å². The van der Waals surface area contributed by atoms with Gasteiger partial charge in [-0.05, 0) is 55.9 Å². The highest BCUT2D eigenvalue weighted by Crippen LogP contribution is 2.36. The number of pyridine rings is 1. The number of nitrogens with zero attached hydrogens (tertiary/aromatic N) is 3. The third-order valence-corrected chi connectivity index (χ3v) is 10.1. The smallest absolute Gasteiger partial charge is 0.263 e. The summed E-state index contributed by atoms with van der Waals surface area (Å²) in [6, 6.07) is 7.03. The minimum atomic E-state index is -5.23. The predicted octanol–water partition coefficient (Wildman–Crippen LogP) is 6.93. The number of hydrogen-bond acceptors (Lipinski definition) is 4.